The molecule has 3 aromatic heterocycles. The molecule has 0 unspecified atom stereocenters. The fraction of sp³-hybridized carbons (Fsp3) is 0.278. The summed E-state index contributed by atoms with van der Waals surface area (Å²) in [7, 11) is 0. The van der Waals surface area contributed by atoms with Crippen LogP contribution in [0.2, 0.25) is 0 Å². The maximum Gasteiger partial charge on any atom is 0.416 e. The number of fused-ring (bicyclic) bond motifs is 1. The molecular formula is C36H31F6N9O2. The smallest absolute Gasteiger partial charge is 0.378 e. The van der Waals surface area contributed by atoms with Crippen LogP contribution < -0.4 is 9.80 Å². The standard InChI is InChI=1S/C36H31F6N9O2/c37-35(38,39)28-14-25(15-29(17-28)36(40,41)42)20-50(34-43-18-30(19-44-34)49-10-12-52-13-11-49)21-27-16-26-8-4-5-9-31(26)45-32(27)33-46-48-51(47-33)23-53-22-24-6-2-1-3-7-24/h1-9,14-19H,10-13,20-23H2. The second-order valence-corrected chi connectivity index (χ2v) is 12.2. The molecule has 3 aromatic carbocycles. The topological polar surface area (TPSA) is 107 Å². The van der Waals surface area contributed by atoms with Crippen LogP contribution in [0.25, 0.3) is 22.4 Å². The summed E-state index contributed by atoms with van der Waals surface area (Å²) < 4.78 is 94.3. The molecule has 0 radical (unpaired) electrons. The highest BCUT2D eigenvalue weighted by Crippen LogP contribution is 2.37. The molecule has 1 fully saturated rings. The number of halogens is 6. The van der Waals surface area contributed by atoms with E-state index >= 15 is 0 Å². The van der Waals surface area contributed by atoms with Crippen LogP contribution in [0.3, 0.4) is 0 Å². The van der Waals surface area contributed by atoms with E-state index in [9.17, 15) is 26.3 Å². The van der Waals surface area contributed by atoms with Crippen molar-refractivity contribution in [2.75, 3.05) is 36.1 Å². The molecule has 17 heteroatoms. The molecule has 1 aliphatic heterocycles. The lowest BCUT2D eigenvalue weighted by atomic mass is 10.0. The highest BCUT2D eigenvalue weighted by Gasteiger charge is 2.37. The van der Waals surface area contributed by atoms with Crippen LogP contribution in [0.1, 0.15) is 27.8 Å². The van der Waals surface area contributed by atoms with Gasteiger partial charge in [0.2, 0.25) is 11.8 Å². The Balaban J connectivity index is 1.25. The summed E-state index contributed by atoms with van der Waals surface area (Å²) in [6.07, 6.45) is -6.91. The van der Waals surface area contributed by atoms with Gasteiger partial charge in [-0.05, 0) is 46.7 Å². The number of morpholine rings is 1. The van der Waals surface area contributed by atoms with E-state index in [-0.39, 0.29) is 36.7 Å². The second-order valence-electron chi connectivity index (χ2n) is 12.2. The number of rotatable bonds is 11. The molecule has 7 rings (SSSR count). The van der Waals surface area contributed by atoms with Crippen molar-refractivity contribution < 1.29 is 35.8 Å². The van der Waals surface area contributed by atoms with Crippen LogP contribution in [0.15, 0.2) is 91.3 Å². The second kappa shape index (κ2) is 15.1. The number of hydrogen-bond donors (Lipinski definition) is 0. The van der Waals surface area contributed by atoms with Gasteiger partial charge in [-0.2, -0.15) is 26.3 Å². The predicted octanol–water partition coefficient (Wildman–Crippen LogP) is 6.93. The number of anilines is 2. The van der Waals surface area contributed by atoms with Crippen LogP contribution in [0.4, 0.5) is 38.0 Å². The molecule has 1 aliphatic rings. The third kappa shape index (κ3) is 8.69. The Kier molecular flexibility index (Phi) is 10.2. The van der Waals surface area contributed by atoms with Gasteiger partial charge in [0.05, 0.1) is 54.5 Å². The summed E-state index contributed by atoms with van der Waals surface area (Å²) in [5, 5.41) is 13.5. The number of aromatic nitrogens is 7. The van der Waals surface area contributed by atoms with Gasteiger partial charge in [-0.1, -0.05) is 48.5 Å². The fourth-order valence-electron chi connectivity index (χ4n) is 5.88. The highest BCUT2D eigenvalue weighted by molar-refractivity contribution is 5.82. The van der Waals surface area contributed by atoms with Crippen LogP contribution in [-0.4, -0.2) is 61.5 Å². The minimum atomic E-state index is -5.02. The Bertz CT molecular complexity index is 2120. The average molecular weight is 736 g/mol. The molecule has 11 nitrogen and oxygen atoms in total. The van der Waals surface area contributed by atoms with Crippen molar-refractivity contribution >= 4 is 22.5 Å². The summed E-state index contributed by atoms with van der Waals surface area (Å²) in [4.78, 5) is 18.6. The Labute approximate surface area is 298 Å². The van der Waals surface area contributed by atoms with Gasteiger partial charge in [0.25, 0.3) is 0 Å². The first kappa shape index (κ1) is 35.7. The minimum absolute atomic E-state index is 0.0165. The summed E-state index contributed by atoms with van der Waals surface area (Å²) in [5.41, 5.74) is -0.0431. The lowest BCUT2D eigenvalue weighted by Crippen LogP contribution is -2.36. The SMILES string of the molecule is FC(F)(F)c1cc(CN(Cc2cc3ccccc3nc2-c2nnn(COCc3ccccc3)n2)c2ncc(N3CCOCC3)cn2)cc(C(F)(F)F)c1. The molecule has 0 bridgehead atoms. The van der Waals surface area contributed by atoms with Gasteiger partial charge in [-0.3, -0.25) is 0 Å². The summed E-state index contributed by atoms with van der Waals surface area (Å²) >= 11 is 0. The number of tetrazole rings is 1. The van der Waals surface area contributed by atoms with Crippen molar-refractivity contribution in [3.05, 3.63) is 119 Å². The zero-order valence-corrected chi connectivity index (χ0v) is 27.9. The summed E-state index contributed by atoms with van der Waals surface area (Å²) in [6.45, 7) is 2.02. The van der Waals surface area contributed by atoms with Crippen molar-refractivity contribution in [1.29, 1.82) is 0 Å². The Morgan fingerprint density at radius 3 is 2.15 bits per heavy atom. The van der Waals surface area contributed by atoms with Crippen molar-refractivity contribution in [2.24, 2.45) is 0 Å². The van der Waals surface area contributed by atoms with Gasteiger partial charge < -0.3 is 19.3 Å². The van der Waals surface area contributed by atoms with Gasteiger partial charge in [-0.25, -0.2) is 15.0 Å². The zero-order valence-electron chi connectivity index (χ0n) is 27.9. The Morgan fingerprint density at radius 2 is 1.45 bits per heavy atom. The third-order valence-corrected chi connectivity index (χ3v) is 8.45. The van der Waals surface area contributed by atoms with Crippen LogP contribution in [-0.2, 0) is 48.3 Å². The van der Waals surface area contributed by atoms with Crippen molar-refractivity contribution in [3.8, 4) is 11.5 Å². The summed E-state index contributed by atoms with van der Waals surface area (Å²) in [6, 6.07) is 20.1. The zero-order chi connectivity index (χ0) is 37.0. The van der Waals surface area contributed by atoms with Gasteiger partial charge in [0.15, 0.2) is 6.73 Å². The summed E-state index contributed by atoms with van der Waals surface area (Å²) in [5.74, 6) is 0.203. The predicted molar refractivity (Wildman–Crippen MR) is 181 cm³/mol. The number of ether oxygens (including phenoxy) is 2. The maximum atomic E-state index is 13.9. The molecule has 0 aliphatic carbocycles. The van der Waals surface area contributed by atoms with Gasteiger partial charge >= 0.3 is 12.4 Å². The van der Waals surface area contributed by atoms with Gasteiger partial charge in [-0.15, -0.1) is 15.0 Å². The molecule has 0 atom stereocenters. The van der Waals surface area contributed by atoms with E-state index in [1.165, 1.54) is 9.70 Å². The van der Waals surface area contributed by atoms with Crippen LogP contribution >= 0.6 is 0 Å². The van der Waals surface area contributed by atoms with E-state index in [0.717, 1.165) is 10.9 Å². The number of pyridine rings is 1. The molecule has 0 saturated carbocycles. The molecule has 53 heavy (non-hydrogen) atoms. The maximum absolute atomic E-state index is 13.9. The highest BCUT2D eigenvalue weighted by atomic mass is 19.4. The Hall–Kier alpha value is -5.68. The van der Waals surface area contributed by atoms with Crippen molar-refractivity contribution in [3.63, 3.8) is 0 Å². The number of benzene rings is 3. The van der Waals surface area contributed by atoms with E-state index < -0.39 is 30.0 Å². The number of nitrogens with zero attached hydrogens (tertiary/aromatic N) is 9. The number of para-hydroxylation sites is 1. The van der Waals surface area contributed by atoms with E-state index in [4.69, 9.17) is 14.5 Å². The molecule has 274 valence electrons. The number of hydrogen-bond acceptors (Lipinski definition) is 10. The fourth-order valence-corrected chi connectivity index (χ4v) is 5.88. The molecule has 6 aromatic rings. The van der Waals surface area contributed by atoms with E-state index in [0.29, 0.717) is 67.5 Å². The van der Waals surface area contributed by atoms with E-state index in [2.05, 4.69) is 25.4 Å². The molecule has 0 amide bonds. The van der Waals surface area contributed by atoms with Crippen LogP contribution in [0, 0.1) is 0 Å². The molecule has 4 heterocycles. The normalized spacial score (nSPS) is 13.8. The Morgan fingerprint density at radius 1 is 0.774 bits per heavy atom. The lowest BCUT2D eigenvalue weighted by Gasteiger charge is -2.29. The molecular weight excluding hydrogens is 704 g/mol. The third-order valence-electron chi connectivity index (χ3n) is 8.45. The minimum Gasteiger partial charge on any atom is -0.378 e. The van der Waals surface area contributed by atoms with Crippen molar-refractivity contribution in [2.45, 2.75) is 38.8 Å². The first-order valence-electron chi connectivity index (χ1n) is 16.5. The molecule has 0 spiro atoms. The van der Waals surface area contributed by atoms with Crippen molar-refractivity contribution in [1.82, 2.24) is 35.2 Å². The largest absolute Gasteiger partial charge is 0.416 e. The average Bonchev–Trinajstić information content (AvgIpc) is 3.63. The lowest BCUT2D eigenvalue weighted by molar-refractivity contribution is -0.143. The van der Waals surface area contributed by atoms with E-state index in [1.807, 2.05) is 59.5 Å². The number of alkyl halides is 6. The monoisotopic (exact) mass is 735 g/mol. The first-order valence-corrected chi connectivity index (χ1v) is 16.5. The molecule has 0 N–H and O–H groups in total. The van der Waals surface area contributed by atoms with Gasteiger partial charge in [0.1, 0.15) is 5.69 Å². The first-order chi connectivity index (χ1) is 25.5. The quantitative estimate of drug-likeness (QED) is 0.130. The molecule has 1 saturated heterocycles. The van der Waals surface area contributed by atoms with Gasteiger partial charge in [0, 0.05) is 37.1 Å². The van der Waals surface area contributed by atoms with E-state index in [1.54, 1.807) is 18.5 Å². The van der Waals surface area contributed by atoms with Crippen LogP contribution in [0.5, 0.6) is 0 Å².